The first-order valence-corrected chi connectivity index (χ1v) is 3.84. The number of hydrogen-bond acceptors (Lipinski definition) is 2. The quantitative estimate of drug-likeness (QED) is 0.679. The number of H-pyrrole nitrogens is 1. The fraction of sp³-hybridized carbons (Fsp3) is 0.625. The van der Waals surface area contributed by atoms with Crippen LogP contribution in [0.3, 0.4) is 0 Å². The number of hydrogen-bond donors (Lipinski definition) is 1. The molecule has 1 heterocycles. The predicted molar refractivity (Wildman–Crippen MR) is 47.5 cm³/mol. The average molecular weight is 158 g/mol. The van der Waals surface area contributed by atoms with Crippen LogP contribution in [0.4, 0.5) is 0 Å². The van der Waals surface area contributed by atoms with Crippen LogP contribution in [0.15, 0.2) is 18.5 Å². The first-order valence-electron chi connectivity index (χ1n) is 3.84. The first-order chi connectivity index (χ1) is 5.41. The van der Waals surface area contributed by atoms with E-state index in [0.29, 0.717) is 0 Å². The highest BCUT2D eigenvalue weighted by atomic mass is 16.5. The molecule has 11 heavy (non-hydrogen) atoms. The molecule has 3 heteroatoms. The Kier molecular flexibility index (Phi) is 18.7. The first kappa shape index (κ1) is 12.8. The van der Waals surface area contributed by atoms with Gasteiger partial charge in [0.05, 0.1) is 0 Å². The van der Waals surface area contributed by atoms with Gasteiger partial charge in [0.2, 0.25) is 0 Å². The van der Waals surface area contributed by atoms with Gasteiger partial charge in [-0.2, -0.15) is 5.10 Å². The molecule has 1 N–H and O–H groups in total. The largest absolute Gasteiger partial charge is 0.385 e. The molecule has 0 saturated carbocycles. The number of methoxy groups -OCH3 is 1. The Morgan fingerprint density at radius 1 is 1.45 bits per heavy atom. The van der Waals surface area contributed by atoms with Gasteiger partial charge in [0.15, 0.2) is 0 Å². The second-order valence-corrected chi connectivity index (χ2v) is 1.34. The number of aromatic nitrogens is 2. The zero-order chi connectivity index (χ0) is 8.95. The minimum absolute atomic E-state index is 0.819. The highest BCUT2D eigenvalue weighted by molar-refractivity contribution is 4.72. The van der Waals surface area contributed by atoms with Crippen LogP contribution in [0.2, 0.25) is 0 Å². The van der Waals surface area contributed by atoms with Crippen molar-refractivity contribution in [2.24, 2.45) is 0 Å². The van der Waals surface area contributed by atoms with E-state index in [1.807, 2.05) is 26.8 Å². The predicted octanol–water partition coefficient (Wildman–Crippen LogP) is 2.09. The molecule has 0 spiro atoms. The highest BCUT2D eigenvalue weighted by Gasteiger charge is 1.56. The Balaban J connectivity index is 0. The fourth-order valence-corrected chi connectivity index (χ4v) is 0.215. The maximum atomic E-state index is 4.54. The van der Waals surface area contributed by atoms with E-state index in [0.717, 1.165) is 6.61 Å². The summed E-state index contributed by atoms with van der Waals surface area (Å²) in [4.78, 5) is 0. The lowest BCUT2D eigenvalue weighted by atomic mass is 10.8. The van der Waals surface area contributed by atoms with E-state index >= 15 is 0 Å². The molecule has 1 aromatic heterocycles. The van der Waals surface area contributed by atoms with Crippen LogP contribution in [0.5, 0.6) is 0 Å². The molecule has 0 atom stereocenters. The van der Waals surface area contributed by atoms with Gasteiger partial charge < -0.3 is 4.74 Å². The summed E-state index contributed by atoms with van der Waals surface area (Å²) in [5.74, 6) is 0. The van der Waals surface area contributed by atoms with Gasteiger partial charge in [-0.05, 0) is 13.0 Å². The topological polar surface area (TPSA) is 37.9 Å². The number of nitrogens with zero attached hydrogens (tertiary/aromatic N) is 1. The van der Waals surface area contributed by atoms with E-state index in [1.54, 1.807) is 19.5 Å². The lowest BCUT2D eigenvalue weighted by Gasteiger charge is -1.76. The van der Waals surface area contributed by atoms with Crippen molar-refractivity contribution < 1.29 is 4.74 Å². The number of ether oxygens (including phenoxy) is 1. The average Bonchev–Trinajstić information content (AvgIpc) is 2.65. The third-order valence-electron chi connectivity index (χ3n) is 0.695. The zero-order valence-electron chi connectivity index (χ0n) is 7.79. The normalized spacial score (nSPS) is 6.91. The van der Waals surface area contributed by atoms with Gasteiger partial charge in [0.1, 0.15) is 0 Å². The molecule has 3 nitrogen and oxygen atoms in total. The molecule has 1 rings (SSSR count). The summed E-state index contributed by atoms with van der Waals surface area (Å²) in [5.41, 5.74) is 0. The summed E-state index contributed by atoms with van der Waals surface area (Å²) in [6, 6.07) is 1.83. The highest BCUT2D eigenvalue weighted by Crippen LogP contribution is 1.64. The van der Waals surface area contributed by atoms with Crippen LogP contribution in [-0.2, 0) is 4.74 Å². The van der Waals surface area contributed by atoms with Crippen molar-refractivity contribution in [1.29, 1.82) is 0 Å². The molecule has 1 aromatic rings. The lowest BCUT2D eigenvalue weighted by Crippen LogP contribution is -1.73. The van der Waals surface area contributed by atoms with Gasteiger partial charge in [-0.3, -0.25) is 5.10 Å². The van der Waals surface area contributed by atoms with E-state index in [9.17, 15) is 0 Å². The summed E-state index contributed by atoms with van der Waals surface area (Å²) in [6.07, 6.45) is 3.46. The Labute approximate surface area is 68.8 Å². The Morgan fingerprint density at radius 2 is 2.00 bits per heavy atom. The smallest absolute Gasteiger partial charge is 0.0487 e. The van der Waals surface area contributed by atoms with Crippen molar-refractivity contribution >= 4 is 0 Å². The van der Waals surface area contributed by atoms with E-state index in [-0.39, 0.29) is 0 Å². The molecule has 0 aromatic carbocycles. The zero-order valence-corrected chi connectivity index (χ0v) is 7.79. The lowest BCUT2D eigenvalue weighted by molar-refractivity contribution is 0.215. The fourth-order valence-electron chi connectivity index (χ4n) is 0.215. The van der Waals surface area contributed by atoms with E-state index in [4.69, 9.17) is 0 Å². The minimum Gasteiger partial charge on any atom is -0.385 e. The van der Waals surface area contributed by atoms with Gasteiger partial charge in [-0.1, -0.05) is 13.8 Å². The van der Waals surface area contributed by atoms with Crippen LogP contribution in [0.25, 0.3) is 0 Å². The summed E-state index contributed by atoms with van der Waals surface area (Å²) in [6.45, 7) is 6.78. The van der Waals surface area contributed by atoms with Gasteiger partial charge in [-0.25, -0.2) is 0 Å². The standard InChI is InChI=1S/C3H4N2.C3H8O.C2H6/c1-2-4-5-3-1;1-3-4-2;1-2/h1-3H,(H,4,5);3H2,1-2H3;1-2H3. The number of nitrogens with one attached hydrogen (secondary N) is 1. The molecule has 0 aliphatic rings. The van der Waals surface area contributed by atoms with Gasteiger partial charge in [0, 0.05) is 26.1 Å². The molecule has 66 valence electrons. The molecular formula is C8H18N2O. The molecule has 0 radical (unpaired) electrons. The third kappa shape index (κ3) is 17.6. The van der Waals surface area contributed by atoms with Crippen LogP contribution in [0.1, 0.15) is 20.8 Å². The summed E-state index contributed by atoms with van der Waals surface area (Å²) >= 11 is 0. The number of rotatable bonds is 1. The van der Waals surface area contributed by atoms with Gasteiger partial charge in [-0.15, -0.1) is 0 Å². The van der Waals surface area contributed by atoms with E-state index < -0.39 is 0 Å². The second-order valence-electron chi connectivity index (χ2n) is 1.34. The monoisotopic (exact) mass is 158 g/mol. The maximum absolute atomic E-state index is 4.54. The molecule has 0 bridgehead atoms. The molecule has 0 unspecified atom stereocenters. The van der Waals surface area contributed by atoms with Gasteiger partial charge in [0.25, 0.3) is 0 Å². The van der Waals surface area contributed by atoms with Crippen molar-refractivity contribution in [3.8, 4) is 0 Å². The summed E-state index contributed by atoms with van der Waals surface area (Å²) in [7, 11) is 1.68. The van der Waals surface area contributed by atoms with Crippen LogP contribution in [0, 0.1) is 0 Å². The molecular weight excluding hydrogens is 140 g/mol. The molecule has 0 amide bonds. The van der Waals surface area contributed by atoms with Crippen LogP contribution >= 0.6 is 0 Å². The molecule has 0 saturated heterocycles. The Hall–Kier alpha value is -0.830. The van der Waals surface area contributed by atoms with Crippen molar-refractivity contribution in [1.82, 2.24) is 10.2 Å². The van der Waals surface area contributed by atoms with Crippen molar-refractivity contribution in [2.45, 2.75) is 20.8 Å². The van der Waals surface area contributed by atoms with Gasteiger partial charge >= 0.3 is 0 Å². The van der Waals surface area contributed by atoms with Crippen LogP contribution in [-0.4, -0.2) is 23.9 Å². The SMILES string of the molecule is CC.CCOC.c1cn[nH]c1. The van der Waals surface area contributed by atoms with Crippen molar-refractivity contribution in [2.75, 3.05) is 13.7 Å². The number of aromatic amines is 1. The maximum Gasteiger partial charge on any atom is 0.0487 e. The Morgan fingerprint density at radius 3 is 2.09 bits per heavy atom. The second kappa shape index (κ2) is 16.1. The van der Waals surface area contributed by atoms with E-state index in [1.165, 1.54) is 0 Å². The summed E-state index contributed by atoms with van der Waals surface area (Å²) in [5, 5.41) is 6.21. The Bertz CT molecular complexity index is 87.6. The van der Waals surface area contributed by atoms with Crippen molar-refractivity contribution in [3.63, 3.8) is 0 Å². The minimum atomic E-state index is 0.819. The summed E-state index contributed by atoms with van der Waals surface area (Å²) < 4.78 is 4.54. The third-order valence-corrected chi connectivity index (χ3v) is 0.695. The molecule has 0 aliphatic carbocycles. The van der Waals surface area contributed by atoms with Crippen molar-refractivity contribution in [3.05, 3.63) is 18.5 Å². The van der Waals surface area contributed by atoms with Crippen LogP contribution < -0.4 is 0 Å². The molecule has 0 fully saturated rings. The molecule has 0 aliphatic heterocycles. The van der Waals surface area contributed by atoms with E-state index in [2.05, 4.69) is 14.9 Å².